The van der Waals surface area contributed by atoms with Gasteiger partial charge < -0.3 is 19.7 Å². The molecule has 0 saturated carbocycles. The van der Waals surface area contributed by atoms with Crippen molar-refractivity contribution in [3.63, 3.8) is 0 Å². The lowest BCUT2D eigenvalue weighted by Crippen LogP contribution is -2.52. The Bertz CT molecular complexity index is 758. The largest absolute Gasteiger partial charge is 0.368 e. The van der Waals surface area contributed by atoms with Crippen molar-refractivity contribution in [2.24, 2.45) is 4.99 Å². The maximum atomic E-state index is 4.88. The third-order valence-corrected chi connectivity index (χ3v) is 5.27. The van der Waals surface area contributed by atoms with E-state index in [-0.39, 0.29) is 0 Å². The molecule has 0 amide bonds. The summed E-state index contributed by atoms with van der Waals surface area (Å²) in [6, 6.07) is 8.79. The van der Waals surface area contributed by atoms with Crippen molar-refractivity contribution >= 4 is 11.6 Å². The summed E-state index contributed by atoms with van der Waals surface area (Å²) in [4.78, 5) is 14.0. The van der Waals surface area contributed by atoms with E-state index in [2.05, 4.69) is 75.9 Å². The van der Waals surface area contributed by atoms with Crippen LogP contribution in [0.5, 0.6) is 0 Å². The van der Waals surface area contributed by atoms with E-state index in [1.807, 2.05) is 6.20 Å². The number of rotatable bonds is 7. The average Bonchev–Trinajstić information content (AvgIpc) is 3.12. The molecule has 0 spiro atoms. The second kappa shape index (κ2) is 10.2. The SMILES string of the molecule is CCNC(=NCCCCn1ccnc1C)N1CCN(c2cccc(C)c2)CC1. The van der Waals surface area contributed by atoms with E-state index >= 15 is 0 Å². The number of guanidine groups is 1. The van der Waals surface area contributed by atoms with Crippen molar-refractivity contribution in [1.29, 1.82) is 0 Å². The molecule has 3 rings (SSSR count). The molecule has 152 valence electrons. The molecule has 1 aromatic carbocycles. The highest BCUT2D eigenvalue weighted by atomic mass is 15.3. The molecule has 28 heavy (non-hydrogen) atoms. The highest BCUT2D eigenvalue weighted by molar-refractivity contribution is 5.80. The first-order chi connectivity index (χ1) is 13.7. The average molecular weight is 383 g/mol. The minimum Gasteiger partial charge on any atom is -0.368 e. The number of hydrogen-bond acceptors (Lipinski definition) is 3. The van der Waals surface area contributed by atoms with Crippen LogP contribution in [0.25, 0.3) is 0 Å². The summed E-state index contributed by atoms with van der Waals surface area (Å²) in [6.07, 6.45) is 6.14. The number of aliphatic imine (C=N–C) groups is 1. The van der Waals surface area contributed by atoms with Crippen molar-refractivity contribution in [1.82, 2.24) is 19.8 Å². The van der Waals surface area contributed by atoms with Crippen LogP contribution in [0.4, 0.5) is 5.69 Å². The topological polar surface area (TPSA) is 48.7 Å². The van der Waals surface area contributed by atoms with E-state index in [1.165, 1.54) is 11.3 Å². The van der Waals surface area contributed by atoms with Gasteiger partial charge in [-0.25, -0.2) is 4.98 Å². The number of imidazole rings is 1. The minimum absolute atomic E-state index is 0.869. The Hall–Kier alpha value is -2.50. The number of nitrogens with one attached hydrogen (secondary N) is 1. The Kier molecular flexibility index (Phi) is 7.34. The molecule has 2 aromatic rings. The van der Waals surface area contributed by atoms with Crippen LogP contribution in [0.2, 0.25) is 0 Å². The summed E-state index contributed by atoms with van der Waals surface area (Å²) in [5.41, 5.74) is 2.65. The Morgan fingerprint density at radius 3 is 2.64 bits per heavy atom. The molecular weight excluding hydrogens is 348 g/mol. The number of anilines is 1. The molecule has 1 fully saturated rings. The van der Waals surface area contributed by atoms with Crippen LogP contribution >= 0.6 is 0 Å². The third-order valence-electron chi connectivity index (χ3n) is 5.27. The molecule has 1 aromatic heterocycles. The van der Waals surface area contributed by atoms with Gasteiger partial charge in [0.1, 0.15) is 5.82 Å². The van der Waals surface area contributed by atoms with Gasteiger partial charge in [-0.2, -0.15) is 0 Å². The van der Waals surface area contributed by atoms with Gasteiger partial charge in [0, 0.05) is 63.9 Å². The van der Waals surface area contributed by atoms with Gasteiger partial charge in [0.15, 0.2) is 5.96 Å². The Morgan fingerprint density at radius 1 is 1.14 bits per heavy atom. The zero-order valence-electron chi connectivity index (χ0n) is 17.6. The van der Waals surface area contributed by atoms with Gasteiger partial charge in [0.2, 0.25) is 0 Å². The molecule has 6 nitrogen and oxygen atoms in total. The van der Waals surface area contributed by atoms with E-state index in [0.29, 0.717) is 0 Å². The number of piperazine rings is 1. The zero-order valence-corrected chi connectivity index (χ0v) is 17.6. The lowest BCUT2D eigenvalue weighted by molar-refractivity contribution is 0.372. The van der Waals surface area contributed by atoms with Gasteiger partial charge in [0.05, 0.1) is 0 Å². The van der Waals surface area contributed by atoms with E-state index in [1.54, 1.807) is 0 Å². The molecule has 1 aliphatic rings. The molecule has 0 unspecified atom stereocenters. The normalized spacial score (nSPS) is 15.2. The van der Waals surface area contributed by atoms with Crippen LogP contribution in [0.3, 0.4) is 0 Å². The number of unbranched alkanes of at least 4 members (excludes halogenated alkanes) is 1. The van der Waals surface area contributed by atoms with E-state index in [4.69, 9.17) is 4.99 Å². The van der Waals surface area contributed by atoms with Crippen molar-refractivity contribution in [2.75, 3.05) is 44.2 Å². The molecule has 1 saturated heterocycles. The highest BCUT2D eigenvalue weighted by Crippen LogP contribution is 2.17. The summed E-state index contributed by atoms with van der Waals surface area (Å²) in [7, 11) is 0. The first kappa shape index (κ1) is 20.2. The smallest absolute Gasteiger partial charge is 0.194 e. The molecule has 0 bridgehead atoms. The number of nitrogens with zero attached hydrogens (tertiary/aromatic N) is 5. The monoisotopic (exact) mass is 382 g/mol. The summed E-state index contributed by atoms with van der Waals surface area (Å²) < 4.78 is 2.21. The predicted octanol–water partition coefficient (Wildman–Crippen LogP) is 3.07. The Morgan fingerprint density at radius 2 is 1.96 bits per heavy atom. The third kappa shape index (κ3) is 5.50. The van der Waals surface area contributed by atoms with Crippen LogP contribution in [0, 0.1) is 13.8 Å². The van der Waals surface area contributed by atoms with Gasteiger partial charge in [-0.3, -0.25) is 4.99 Å². The molecule has 0 aliphatic carbocycles. The minimum atomic E-state index is 0.869. The predicted molar refractivity (Wildman–Crippen MR) is 117 cm³/mol. The quantitative estimate of drug-likeness (QED) is 0.454. The van der Waals surface area contributed by atoms with Gasteiger partial charge in [-0.1, -0.05) is 12.1 Å². The molecule has 6 heteroatoms. The maximum Gasteiger partial charge on any atom is 0.194 e. The molecule has 1 N–H and O–H groups in total. The fourth-order valence-corrected chi connectivity index (χ4v) is 3.65. The van der Waals surface area contributed by atoms with Crippen molar-refractivity contribution in [3.05, 3.63) is 48.0 Å². The Balaban J connectivity index is 1.47. The van der Waals surface area contributed by atoms with Gasteiger partial charge in [-0.05, 0) is 51.3 Å². The Labute approximate surface area is 169 Å². The lowest BCUT2D eigenvalue weighted by Gasteiger charge is -2.37. The summed E-state index contributed by atoms with van der Waals surface area (Å²) in [6.45, 7) is 13.2. The van der Waals surface area contributed by atoms with Gasteiger partial charge in [0.25, 0.3) is 0 Å². The lowest BCUT2D eigenvalue weighted by atomic mass is 10.2. The van der Waals surface area contributed by atoms with E-state index in [9.17, 15) is 0 Å². The van der Waals surface area contributed by atoms with Crippen LogP contribution < -0.4 is 10.2 Å². The molecule has 2 heterocycles. The molecule has 1 aliphatic heterocycles. The van der Waals surface area contributed by atoms with Crippen LogP contribution in [0.15, 0.2) is 41.7 Å². The number of hydrogen-bond donors (Lipinski definition) is 1. The van der Waals surface area contributed by atoms with Crippen LogP contribution in [-0.4, -0.2) is 59.7 Å². The highest BCUT2D eigenvalue weighted by Gasteiger charge is 2.19. The summed E-state index contributed by atoms with van der Waals surface area (Å²) in [5.74, 6) is 2.15. The zero-order chi connectivity index (χ0) is 19.8. The maximum absolute atomic E-state index is 4.88. The first-order valence-electron chi connectivity index (χ1n) is 10.5. The second-order valence-corrected chi connectivity index (χ2v) is 7.42. The van der Waals surface area contributed by atoms with Crippen molar-refractivity contribution < 1.29 is 0 Å². The number of benzene rings is 1. The van der Waals surface area contributed by atoms with Gasteiger partial charge >= 0.3 is 0 Å². The van der Waals surface area contributed by atoms with Crippen molar-refractivity contribution in [3.8, 4) is 0 Å². The second-order valence-electron chi connectivity index (χ2n) is 7.42. The van der Waals surface area contributed by atoms with Crippen LogP contribution in [0.1, 0.15) is 31.2 Å². The summed E-state index contributed by atoms with van der Waals surface area (Å²) in [5, 5.41) is 3.47. The van der Waals surface area contributed by atoms with Crippen molar-refractivity contribution in [2.45, 2.75) is 40.2 Å². The standard InChI is InChI=1S/C22H34N6/c1-4-23-22(25-10-5-6-12-26-13-11-24-20(26)3)28-16-14-27(15-17-28)21-9-7-8-19(2)18-21/h7-9,11,13,18H,4-6,10,12,14-17H2,1-3H3,(H,23,25). The number of aryl methyl sites for hydroxylation is 3. The fourth-order valence-electron chi connectivity index (χ4n) is 3.65. The molecular formula is C22H34N6. The fraction of sp³-hybridized carbons (Fsp3) is 0.545. The molecule has 0 atom stereocenters. The summed E-state index contributed by atoms with van der Waals surface area (Å²) >= 11 is 0. The van der Waals surface area contributed by atoms with E-state index < -0.39 is 0 Å². The van der Waals surface area contributed by atoms with Crippen LogP contribution in [-0.2, 0) is 6.54 Å². The molecule has 0 radical (unpaired) electrons. The van der Waals surface area contributed by atoms with E-state index in [0.717, 1.165) is 70.4 Å². The first-order valence-corrected chi connectivity index (χ1v) is 10.5. The number of aromatic nitrogens is 2. The van der Waals surface area contributed by atoms with Gasteiger partial charge in [-0.15, -0.1) is 0 Å².